The summed E-state index contributed by atoms with van der Waals surface area (Å²) in [6, 6.07) is 3.87. The molecule has 136 valence electrons. The Labute approximate surface area is 145 Å². The zero-order valence-corrected chi connectivity index (χ0v) is 15.0. The fraction of sp³-hybridized carbons (Fsp3) is 0.667. The largest absolute Gasteiger partial charge is 0.469 e. The molecule has 0 unspecified atom stereocenters. The molecule has 24 heavy (non-hydrogen) atoms. The summed E-state index contributed by atoms with van der Waals surface area (Å²) >= 11 is 0. The molecule has 0 bridgehead atoms. The second kappa shape index (κ2) is 13.5. The van der Waals surface area contributed by atoms with Crippen molar-refractivity contribution in [3.8, 4) is 0 Å². The second-order valence-electron chi connectivity index (χ2n) is 5.49. The molecule has 1 rings (SSSR count). The minimum atomic E-state index is -0.0919. The average Bonchev–Trinajstić information content (AvgIpc) is 3.07. The Morgan fingerprint density at radius 3 is 2.75 bits per heavy atom. The Kier molecular flexibility index (Phi) is 11.3. The molecule has 0 aliphatic rings. The molecule has 0 fully saturated rings. The summed E-state index contributed by atoms with van der Waals surface area (Å²) in [6.45, 7) is 6.77. The van der Waals surface area contributed by atoms with Gasteiger partial charge in [-0.1, -0.05) is 12.8 Å². The van der Waals surface area contributed by atoms with E-state index in [1.807, 2.05) is 19.1 Å². The smallest absolute Gasteiger partial charge is 0.305 e. The molecule has 1 heterocycles. The maximum atomic E-state index is 11.2. The first-order valence-corrected chi connectivity index (χ1v) is 8.96. The van der Waals surface area contributed by atoms with Crippen LogP contribution in [0, 0.1) is 0 Å². The third kappa shape index (κ3) is 9.92. The maximum absolute atomic E-state index is 11.2. The third-order valence-electron chi connectivity index (χ3n) is 3.45. The first-order valence-electron chi connectivity index (χ1n) is 8.96. The van der Waals surface area contributed by atoms with Gasteiger partial charge in [0.2, 0.25) is 0 Å². The number of esters is 1. The fourth-order valence-electron chi connectivity index (χ4n) is 2.26. The van der Waals surface area contributed by atoms with Crippen molar-refractivity contribution >= 4 is 11.9 Å². The highest BCUT2D eigenvalue weighted by atomic mass is 16.5. The van der Waals surface area contributed by atoms with Crippen LogP contribution in [0.25, 0.3) is 0 Å². The van der Waals surface area contributed by atoms with Crippen molar-refractivity contribution in [2.24, 2.45) is 4.99 Å². The van der Waals surface area contributed by atoms with Gasteiger partial charge in [0.1, 0.15) is 5.76 Å². The van der Waals surface area contributed by atoms with E-state index < -0.39 is 0 Å². The highest BCUT2D eigenvalue weighted by Crippen LogP contribution is 2.04. The number of hydrogen-bond acceptors (Lipinski definition) is 4. The van der Waals surface area contributed by atoms with Crippen LogP contribution in [0.2, 0.25) is 0 Å². The van der Waals surface area contributed by atoms with E-state index in [4.69, 9.17) is 9.15 Å². The lowest BCUT2D eigenvalue weighted by atomic mass is 10.1. The van der Waals surface area contributed by atoms with Crippen LogP contribution in [0.1, 0.15) is 51.7 Å². The van der Waals surface area contributed by atoms with E-state index in [1.165, 1.54) is 0 Å². The molecule has 0 saturated heterocycles. The molecule has 0 radical (unpaired) electrons. The van der Waals surface area contributed by atoms with Crippen molar-refractivity contribution in [1.82, 2.24) is 10.6 Å². The van der Waals surface area contributed by atoms with Crippen LogP contribution in [-0.2, 0) is 16.0 Å². The predicted molar refractivity (Wildman–Crippen MR) is 96.1 cm³/mol. The Morgan fingerprint density at radius 2 is 2.04 bits per heavy atom. The van der Waals surface area contributed by atoms with E-state index >= 15 is 0 Å². The minimum absolute atomic E-state index is 0.0919. The maximum Gasteiger partial charge on any atom is 0.305 e. The lowest BCUT2D eigenvalue weighted by Crippen LogP contribution is -2.38. The van der Waals surface area contributed by atoms with Gasteiger partial charge in [0.25, 0.3) is 0 Å². The molecule has 0 amide bonds. The molecule has 0 spiro atoms. The Morgan fingerprint density at radius 1 is 1.21 bits per heavy atom. The third-order valence-corrected chi connectivity index (χ3v) is 3.45. The molecular formula is C18H31N3O3. The number of furan rings is 1. The lowest BCUT2D eigenvalue weighted by Gasteiger charge is -2.10. The van der Waals surface area contributed by atoms with Crippen LogP contribution in [0.3, 0.4) is 0 Å². The molecule has 2 N–H and O–H groups in total. The predicted octanol–water partition coefficient (Wildman–Crippen LogP) is 2.89. The van der Waals surface area contributed by atoms with Crippen LogP contribution < -0.4 is 10.6 Å². The van der Waals surface area contributed by atoms with Gasteiger partial charge in [0, 0.05) is 32.5 Å². The second-order valence-corrected chi connectivity index (χ2v) is 5.49. The van der Waals surface area contributed by atoms with Crippen LogP contribution in [-0.4, -0.2) is 38.2 Å². The zero-order valence-electron chi connectivity index (χ0n) is 15.0. The van der Waals surface area contributed by atoms with E-state index in [-0.39, 0.29) is 5.97 Å². The van der Waals surface area contributed by atoms with Gasteiger partial charge in [0.05, 0.1) is 12.9 Å². The number of carbonyl (C=O) groups excluding carboxylic acids is 1. The molecule has 6 heteroatoms. The summed E-state index contributed by atoms with van der Waals surface area (Å²) < 4.78 is 10.2. The fourth-order valence-corrected chi connectivity index (χ4v) is 2.26. The number of nitrogens with one attached hydrogen (secondary N) is 2. The number of ether oxygens (including phenoxy) is 1. The number of carbonyl (C=O) groups is 1. The summed E-state index contributed by atoms with van der Waals surface area (Å²) in [5.41, 5.74) is 0. The van der Waals surface area contributed by atoms with Gasteiger partial charge in [0.15, 0.2) is 5.96 Å². The molecule has 0 atom stereocenters. The van der Waals surface area contributed by atoms with Crippen molar-refractivity contribution in [1.29, 1.82) is 0 Å². The molecule has 6 nitrogen and oxygen atoms in total. The number of hydrogen-bond donors (Lipinski definition) is 2. The molecule has 0 aliphatic heterocycles. The molecule has 1 aromatic rings. The highest BCUT2D eigenvalue weighted by molar-refractivity contribution is 5.79. The minimum Gasteiger partial charge on any atom is -0.469 e. The molecule has 0 aliphatic carbocycles. The number of unbranched alkanes of at least 4 members (excludes halogenated alkanes) is 3. The van der Waals surface area contributed by atoms with Gasteiger partial charge in [-0.05, 0) is 38.8 Å². The normalized spacial score (nSPS) is 11.3. The van der Waals surface area contributed by atoms with Gasteiger partial charge in [-0.25, -0.2) is 0 Å². The van der Waals surface area contributed by atoms with Crippen LogP contribution in [0.5, 0.6) is 0 Å². The summed E-state index contributed by atoms with van der Waals surface area (Å²) in [4.78, 5) is 15.8. The van der Waals surface area contributed by atoms with Crippen molar-refractivity contribution < 1.29 is 13.9 Å². The number of aliphatic imine (C=N–C) groups is 1. The first kappa shape index (κ1) is 20.1. The van der Waals surface area contributed by atoms with E-state index in [2.05, 4.69) is 22.5 Å². The summed E-state index contributed by atoms with van der Waals surface area (Å²) in [5.74, 6) is 1.72. The van der Waals surface area contributed by atoms with Crippen molar-refractivity contribution in [2.45, 2.75) is 52.4 Å². The van der Waals surface area contributed by atoms with Gasteiger partial charge in [-0.15, -0.1) is 0 Å². The SMILES string of the molecule is CCNC(=NCCCCCCC(=O)OCC)NCCc1ccco1. The zero-order chi connectivity index (χ0) is 17.5. The topological polar surface area (TPSA) is 75.9 Å². The van der Waals surface area contributed by atoms with Gasteiger partial charge >= 0.3 is 5.97 Å². The van der Waals surface area contributed by atoms with Crippen molar-refractivity contribution in [3.63, 3.8) is 0 Å². The van der Waals surface area contributed by atoms with Crippen LogP contribution in [0.4, 0.5) is 0 Å². The number of guanidine groups is 1. The molecule has 0 aromatic carbocycles. The monoisotopic (exact) mass is 337 g/mol. The van der Waals surface area contributed by atoms with Crippen LogP contribution >= 0.6 is 0 Å². The number of rotatable bonds is 12. The first-order chi connectivity index (χ1) is 11.8. The average molecular weight is 337 g/mol. The molecular weight excluding hydrogens is 306 g/mol. The van der Waals surface area contributed by atoms with Gasteiger partial charge in [-0.3, -0.25) is 9.79 Å². The standard InChI is InChI=1S/C18H31N3O3/c1-3-19-18(21-14-12-16-10-9-15-24-16)20-13-8-6-5-7-11-17(22)23-4-2/h9-10,15H,3-8,11-14H2,1-2H3,(H2,19,20,21). The Balaban J connectivity index is 2.10. The highest BCUT2D eigenvalue weighted by Gasteiger charge is 2.01. The van der Waals surface area contributed by atoms with E-state index in [0.29, 0.717) is 13.0 Å². The quantitative estimate of drug-likeness (QED) is 0.265. The van der Waals surface area contributed by atoms with Crippen molar-refractivity contribution in [2.75, 3.05) is 26.2 Å². The van der Waals surface area contributed by atoms with Crippen LogP contribution in [0.15, 0.2) is 27.8 Å². The summed E-state index contributed by atoms with van der Waals surface area (Å²) in [6.07, 6.45) is 7.09. The van der Waals surface area contributed by atoms with E-state index in [0.717, 1.165) is 63.5 Å². The van der Waals surface area contributed by atoms with E-state index in [9.17, 15) is 4.79 Å². The molecule has 0 saturated carbocycles. The van der Waals surface area contributed by atoms with Gasteiger partial charge in [-0.2, -0.15) is 0 Å². The Bertz CT molecular complexity index is 458. The number of nitrogens with zero attached hydrogens (tertiary/aromatic N) is 1. The Hall–Kier alpha value is -1.98. The summed E-state index contributed by atoms with van der Waals surface area (Å²) in [5, 5.41) is 6.55. The van der Waals surface area contributed by atoms with Crippen molar-refractivity contribution in [3.05, 3.63) is 24.2 Å². The summed E-state index contributed by atoms with van der Waals surface area (Å²) in [7, 11) is 0. The van der Waals surface area contributed by atoms with Gasteiger partial charge < -0.3 is 19.8 Å². The molecule has 1 aromatic heterocycles. The lowest BCUT2D eigenvalue weighted by molar-refractivity contribution is -0.143. The van der Waals surface area contributed by atoms with E-state index in [1.54, 1.807) is 6.26 Å².